The van der Waals surface area contributed by atoms with E-state index in [4.69, 9.17) is 10.5 Å². The molecule has 0 aliphatic heterocycles. The van der Waals surface area contributed by atoms with E-state index in [1.165, 1.54) is 23.7 Å². The fourth-order valence-electron chi connectivity index (χ4n) is 1.77. The third-order valence-corrected chi connectivity index (χ3v) is 3.42. The minimum absolute atomic E-state index is 0.0393. The minimum Gasteiger partial charge on any atom is -0.484 e. The lowest BCUT2D eigenvalue weighted by Gasteiger charge is -2.11. The molecule has 108 valence electrons. The van der Waals surface area contributed by atoms with Crippen LogP contribution in [0, 0.1) is 5.82 Å². The van der Waals surface area contributed by atoms with Crippen LogP contribution in [0.15, 0.2) is 24.3 Å². The third kappa shape index (κ3) is 3.84. The molecule has 20 heavy (non-hydrogen) atoms. The van der Waals surface area contributed by atoms with Crippen molar-refractivity contribution in [3.63, 3.8) is 0 Å². The first-order valence-electron chi connectivity index (χ1n) is 6.46. The van der Waals surface area contributed by atoms with Crippen molar-refractivity contribution in [1.29, 1.82) is 0 Å². The summed E-state index contributed by atoms with van der Waals surface area (Å²) in [5, 5.41) is 4.05. The van der Waals surface area contributed by atoms with Gasteiger partial charge in [-0.2, -0.15) is 4.37 Å². The van der Waals surface area contributed by atoms with Crippen LogP contribution in [0.1, 0.15) is 19.4 Å². The second-order valence-electron chi connectivity index (χ2n) is 4.70. The van der Waals surface area contributed by atoms with Gasteiger partial charge in [0.15, 0.2) is 16.6 Å². The van der Waals surface area contributed by atoms with Gasteiger partial charge in [0.05, 0.1) is 6.10 Å². The molecule has 0 aliphatic rings. The van der Waals surface area contributed by atoms with E-state index < -0.39 is 0 Å². The average molecular weight is 295 g/mol. The Morgan fingerprint density at radius 3 is 2.95 bits per heavy atom. The van der Waals surface area contributed by atoms with Crippen LogP contribution >= 0.6 is 11.5 Å². The first kappa shape index (κ1) is 14.6. The maximum absolute atomic E-state index is 13.1. The quantitative estimate of drug-likeness (QED) is 0.858. The standard InChI is InChI=1S/C14H18FN3OS/c1-9(2)19-12-13(16)18-20-14(12)17-7-6-10-4-3-5-11(15)8-10/h3-5,8-9,17H,6-7H2,1-2H3,(H2,16,18). The SMILES string of the molecule is CC(C)Oc1c(N)nsc1NCCc1cccc(F)c1. The number of benzene rings is 1. The fraction of sp³-hybridized carbons (Fsp3) is 0.357. The number of hydrogen-bond donors (Lipinski definition) is 2. The molecule has 0 atom stereocenters. The number of nitrogens with one attached hydrogen (secondary N) is 1. The maximum Gasteiger partial charge on any atom is 0.197 e. The lowest BCUT2D eigenvalue weighted by molar-refractivity contribution is 0.245. The molecule has 0 saturated carbocycles. The summed E-state index contributed by atoms with van der Waals surface area (Å²) in [5.41, 5.74) is 6.72. The highest BCUT2D eigenvalue weighted by Crippen LogP contribution is 2.35. The van der Waals surface area contributed by atoms with E-state index in [0.717, 1.165) is 17.0 Å². The fourth-order valence-corrected chi connectivity index (χ4v) is 2.44. The zero-order valence-electron chi connectivity index (χ0n) is 11.5. The molecular weight excluding hydrogens is 277 g/mol. The highest BCUT2D eigenvalue weighted by Gasteiger charge is 2.13. The molecule has 0 saturated heterocycles. The summed E-state index contributed by atoms with van der Waals surface area (Å²) in [6, 6.07) is 6.59. The van der Waals surface area contributed by atoms with Gasteiger partial charge in [-0.25, -0.2) is 4.39 Å². The molecule has 1 aromatic carbocycles. The molecule has 0 bridgehead atoms. The van der Waals surface area contributed by atoms with Crippen LogP contribution in [-0.4, -0.2) is 17.0 Å². The number of aromatic nitrogens is 1. The van der Waals surface area contributed by atoms with E-state index in [-0.39, 0.29) is 11.9 Å². The lowest BCUT2D eigenvalue weighted by atomic mass is 10.1. The smallest absolute Gasteiger partial charge is 0.197 e. The van der Waals surface area contributed by atoms with E-state index >= 15 is 0 Å². The van der Waals surface area contributed by atoms with Gasteiger partial charge in [0.1, 0.15) is 5.82 Å². The number of nitrogens with two attached hydrogens (primary N) is 1. The van der Waals surface area contributed by atoms with Gasteiger partial charge in [0.25, 0.3) is 0 Å². The molecule has 1 aromatic heterocycles. The van der Waals surface area contributed by atoms with E-state index in [0.29, 0.717) is 18.1 Å². The topological polar surface area (TPSA) is 60.2 Å². The van der Waals surface area contributed by atoms with Crippen LogP contribution in [0.3, 0.4) is 0 Å². The van der Waals surface area contributed by atoms with Crippen molar-refractivity contribution < 1.29 is 9.13 Å². The number of nitrogen functional groups attached to an aromatic ring is 1. The first-order valence-corrected chi connectivity index (χ1v) is 7.23. The molecule has 1 heterocycles. The third-order valence-electron chi connectivity index (χ3n) is 2.62. The van der Waals surface area contributed by atoms with Crippen molar-refractivity contribution in [3.8, 4) is 5.75 Å². The van der Waals surface area contributed by atoms with Crippen LogP contribution in [-0.2, 0) is 6.42 Å². The Balaban J connectivity index is 1.94. The Kier molecular flexibility index (Phi) is 4.79. The van der Waals surface area contributed by atoms with E-state index in [1.807, 2.05) is 19.9 Å². The summed E-state index contributed by atoms with van der Waals surface area (Å²) in [7, 11) is 0. The van der Waals surface area contributed by atoms with Gasteiger partial charge in [-0.1, -0.05) is 12.1 Å². The average Bonchev–Trinajstić information content (AvgIpc) is 2.71. The zero-order chi connectivity index (χ0) is 14.5. The highest BCUT2D eigenvalue weighted by atomic mass is 32.1. The molecule has 0 amide bonds. The Morgan fingerprint density at radius 2 is 2.25 bits per heavy atom. The van der Waals surface area contributed by atoms with Crippen molar-refractivity contribution in [3.05, 3.63) is 35.6 Å². The van der Waals surface area contributed by atoms with Gasteiger partial charge in [-0.3, -0.25) is 0 Å². The maximum atomic E-state index is 13.1. The van der Waals surface area contributed by atoms with Crippen molar-refractivity contribution >= 4 is 22.4 Å². The van der Waals surface area contributed by atoms with Crippen molar-refractivity contribution in [2.24, 2.45) is 0 Å². The molecule has 0 unspecified atom stereocenters. The number of hydrogen-bond acceptors (Lipinski definition) is 5. The molecule has 0 radical (unpaired) electrons. The molecule has 3 N–H and O–H groups in total. The Labute approximate surface area is 121 Å². The molecule has 0 aliphatic carbocycles. The summed E-state index contributed by atoms with van der Waals surface area (Å²) in [5.74, 6) is 0.787. The van der Waals surface area contributed by atoms with Crippen LogP contribution in [0.2, 0.25) is 0 Å². The molecule has 2 rings (SSSR count). The van der Waals surface area contributed by atoms with Crippen LogP contribution in [0.25, 0.3) is 0 Å². The van der Waals surface area contributed by atoms with Crippen LogP contribution < -0.4 is 15.8 Å². The van der Waals surface area contributed by atoms with Crippen molar-refractivity contribution in [1.82, 2.24) is 4.37 Å². The van der Waals surface area contributed by atoms with Crippen molar-refractivity contribution in [2.45, 2.75) is 26.4 Å². The van der Waals surface area contributed by atoms with Gasteiger partial charge in [0, 0.05) is 6.54 Å². The Morgan fingerprint density at radius 1 is 1.45 bits per heavy atom. The normalized spacial score (nSPS) is 10.8. The number of nitrogens with zero attached hydrogens (tertiary/aromatic N) is 1. The molecule has 4 nitrogen and oxygen atoms in total. The zero-order valence-corrected chi connectivity index (χ0v) is 12.3. The summed E-state index contributed by atoms with van der Waals surface area (Å²) in [6.45, 7) is 4.54. The Bertz CT molecular complexity index is 571. The number of rotatable bonds is 6. The highest BCUT2D eigenvalue weighted by molar-refractivity contribution is 7.11. The number of halogens is 1. The molecular formula is C14H18FN3OS. The van der Waals surface area contributed by atoms with Crippen LogP contribution in [0.5, 0.6) is 5.75 Å². The van der Waals surface area contributed by atoms with E-state index in [2.05, 4.69) is 9.69 Å². The Hall–Kier alpha value is -1.82. The second kappa shape index (κ2) is 6.56. The summed E-state index contributed by atoms with van der Waals surface area (Å²) < 4.78 is 22.8. The summed E-state index contributed by atoms with van der Waals surface area (Å²) in [4.78, 5) is 0. The largest absolute Gasteiger partial charge is 0.484 e. The molecule has 0 fully saturated rings. The van der Waals surface area contributed by atoms with Gasteiger partial charge in [-0.15, -0.1) is 0 Å². The molecule has 0 spiro atoms. The molecule has 6 heteroatoms. The second-order valence-corrected chi connectivity index (χ2v) is 5.47. The van der Waals surface area contributed by atoms with Gasteiger partial charge < -0.3 is 15.8 Å². The van der Waals surface area contributed by atoms with Gasteiger partial charge in [0.2, 0.25) is 0 Å². The lowest BCUT2D eigenvalue weighted by Crippen LogP contribution is -2.10. The summed E-state index contributed by atoms with van der Waals surface area (Å²) >= 11 is 1.27. The summed E-state index contributed by atoms with van der Waals surface area (Å²) in [6.07, 6.45) is 0.758. The van der Waals surface area contributed by atoms with Crippen LogP contribution in [0.4, 0.5) is 15.2 Å². The first-order chi connectivity index (χ1) is 9.56. The number of ether oxygens (including phenoxy) is 1. The minimum atomic E-state index is -0.214. The van der Waals surface area contributed by atoms with E-state index in [9.17, 15) is 4.39 Å². The van der Waals surface area contributed by atoms with Gasteiger partial charge >= 0.3 is 0 Å². The number of anilines is 2. The predicted octanol–water partition coefficient (Wildman–Crippen LogP) is 3.31. The molecule has 2 aromatic rings. The van der Waals surface area contributed by atoms with Gasteiger partial charge in [-0.05, 0) is 49.5 Å². The van der Waals surface area contributed by atoms with Crippen molar-refractivity contribution in [2.75, 3.05) is 17.6 Å². The monoisotopic (exact) mass is 295 g/mol. The van der Waals surface area contributed by atoms with E-state index in [1.54, 1.807) is 6.07 Å². The predicted molar refractivity (Wildman–Crippen MR) is 80.9 cm³/mol.